The number of pyridine rings is 1. The van der Waals surface area contributed by atoms with Crippen LogP contribution in [-0.4, -0.2) is 33.8 Å². The summed E-state index contributed by atoms with van der Waals surface area (Å²) < 4.78 is 42.0. The van der Waals surface area contributed by atoms with Gasteiger partial charge in [-0.25, -0.2) is 9.67 Å². The van der Waals surface area contributed by atoms with Gasteiger partial charge < -0.3 is 10.2 Å². The minimum atomic E-state index is -4.80. The monoisotopic (exact) mass is 449 g/mol. The molecule has 0 unspecified atom stereocenters. The second kappa shape index (κ2) is 8.58. The molecule has 1 aliphatic rings. The van der Waals surface area contributed by atoms with E-state index in [4.69, 9.17) is 11.6 Å². The quantitative estimate of drug-likeness (QED) is 0.596. The Hall–Kier alpha value is -3.07. The summed E-state index contributed by atoms with van der Waals surface area (Å²) in [6.07, 6.45) is 0.913. The Labute approximate surface area is 181 Å². The maximum Gasteiger partial charge on any atom is 0.434 e. The Morgan fingerprint density at radius 2 is 1.84 bits per heavy atom. The second-order valence-corrected chi connectivity index (χ2v) is 7.64. The SMILES string of the molecule is O=C(Nc1ccc(N2CCCCC2)nc1)c1cnn(-c2cccc(Cl)c2)c1C(F)(F)F. The highest BCUT2D eigenvalue weighted by Gasteiger charge is 2.40. The van der Waals surface area contributed by atoms with Crippen LogP contribution >= 0.6 is 11.6 Å². The van der Waals surface area contributed by atoms with Crippen LogP contribution in [0.5, 0.6) is 0 Å². The van der Waals surface area contributed by atoms with Gasteiger partial charge in [0.25, 0.3) is 5.91 Å². The van der Waals surface area contributed by atoms with Crippen LogP contribution in [0.1, 0.15) is 35.3 Å². The molecule has 1 aromatic carbocycles. The second-order valence-electron chi connectivity index (χ2n) is 7.20. The minimum Gasteiger partial charge on any atom is -0.357 e. The number of rotatable bonds is 4. The topological polar surface area (TPSA) is 63.1 Å². The van der Waals surface area contributed by atoms with Crippen molar-refractivity contribution in [2.24, 2.45) is 0 Å². The molecule has 0 radical (unpaired) electrons. The van der Waals surface area contributed by atoms with E-state index in [9.17, 15) is 18.0 Å². The predicted octanol–water partition coefficient (Wildman–Crippen LogP) is 5.18. The van der Waals surface area contributed by atoms with Gasteiger partial charge in [0, 0.05) is 18.1 Å². The van der Waals surface area contributed by atoms with E-state index < -0.39 is 23.3 Å². The van der Waals surface area contributed by atoms with Gasteiger partial charge >= 0.3 is 6.18 Å². The summed E-state index contributed by atoms with van der Waals surface area (Å²) in [5.41, 5.74) is -1.36. The zero-order valence-corrected chi connectivity index (χ0v) is 17.1. The van der Waals surface area contributed by atoms with E-state index in [-0.39, 0.29) is 10.7 Å². The number of hydrogen-bond acceptors (Lipinski definition) is 4. The van der Waals surface area contributed by atoms with E-state index in [1.807, 2.05) is 0 Å². The van der Waals surface area contributed by atoms with E-state index in [1.165, 1.54) is 36.9 Å². The maximum absolute atomic E-state index is 13.8. The van der Waals surface area contributed by atoms with Gasteiger partial charge in [0.05, 0.1) is 29.3 Å². The number of aromatic nitrogens is 3. The molecule has 1 fully saturated rings. The summed E-state index contributed by atoms with van der Waals surface area (Å²) in [5, 5.41) is 6.52. The van der Waals surface area contributed by atoms with E-state index in [0.29, 0.717) is 10.4 Å². The Balaban J connectivity index is 1.58. The number of nitrogens with zero attached hydrogens (tertiary/aromatic N) is 4. The number of amides is 1. The van der Waals surface area contributed by atoms with Crippen LogP contribution in [0.15, 0.2) is 48.8 Å². The molecule has 0 bridgehead atoms. The van der Waals surface area contributed by atoms with Crippen LogP contribution in [0.25, 0.3) is 5.69 Å². The summed E-state index contributed by atoms with van der Waals surface area (Å²) in [6.45, 7) is 1.83. The van der Waals surface area contributed by atoms with E-state index in [0.717, 1.165) is 37.9 Å². The van der Waals surface area contributed by atoms with Crippen molar-refractivity contribution < 1.29 is 18.0 Å². The lowest BCUT2D eigenvalue weighted by Crippen LogP contribution is -2.30. The fraction of sp³-hybridized carbons (Fsp3) is 0.286. The molecule has 3 aromatic rings. The first-order valence-electron chi connectivity index (χ1n) is 9.76. The van der Waals surface area contributed by atoms with Gasteiger partial charge in [0.15, 0.2) is 5.69 Å². The fourth-order valence-electron chi connectivity index (χ4n) is 3.56. The number of piperidine rings is 1. The molecule has 6 nitrogen and oxygen atoms in total. The Morgan fingerprint density at radius 1 is 1.06 bits per heavy atom. The molecule has 0 spiro atoms. The maximum atomic E-state index is 13.8. The van der Waals surface area contributed by atoms with Crippen LogP contribution in [0, 0.1) is 0 Å². The molecule has 10 heteroatoms. The van der Waals surface area contributed by atoms with Crippen molar-refractivity contribution >= 4 is 29.0 Å². The molecule has 0 atom stereocenters. The van der Waals surface area contributed by atoms with Gasteiger partial charge in [0.2, 0.25) is 0 Å². The first kappa shape index (κ1) is 21.2. The molecule has 0 saturated carbocycles. The van der Waals surface area contributed by atoms with E-state index in [1.54, 1.807) is 12.1 Å². The summed E-state index contributed by atoms with van der Waals surface area (Å²) in [6, 6.07) is 9.20. The minimum absolute atomic E-state index is 0.103. The molecule has 1 amide bonds. The first-order valence-corrected chi connectivity index (χ1v) is 10.1. The molecular formula is C21H19ClF3N5O. The number of benzene rings is 1. The summed E-state index contributed by atoms with van der Waals surface area (Å²) in [5.74, 6) is -0.143. The molecule has 4 rings (SSSR count). The van der Waals surface area contributed by atoms with Gasteiger partial charge in [-0.15, -0.1) is 0 Å². The number of alkyl halides is 3. The lowest BCUT2D eigenvalue weighted by atomic mass is 10.1. The van der Waals surface area contributed by atoms with Crippen molar-refractivity contribution in [2.45, 2.75) is 25.4 Å². The molecule has 0 aliphatic carbocycles. The molecule has 1 aliphatic heterocycles. The van der Waals surface area contributed by atoms with Crippen LogP contribution in [-0.2, 0) is 6.18 Å². The summed E-state index contributed by atoms with van der Waals surface area (Å²) in [4.78, 5) is 19.1. The molecule has 1 saturated heterocycles. The molecular weight excluding hydrogens is 431 g/mol. The first-order chi connectivity index (χ1) is 14.8. The van der Waals surface area contributed by atoms with Crippen molar-refractivity contribution in [2.75, 3.05) is 23.3 Å². The summed E-state index contributed by atoms with van der Waals surface area (Å²) >= 11 is 5.89. The number of halogens is 4. The molecule has 2 aromatic heterocycles. The Bertz CT molecular complexity index is 1080. The average Bonchev–Trinajstić information content (AvgIpc) is 3.21. The standard InChI is InChI=1S/C21H19ClF3N5O/c22-14-5-4-6-16(11-14)30-19(21(23,24)25)17(13-27-30)20(31)28-15-7-8-18(26-12-15)29-9-2-1-3-10-29/h4-8,11-13H,1-3,9-10H2,(H,28,31). The zero-order chi connectivity index (χ0) is 22.0. The van der Waals surface area contributed by atoms with Crippen LogP contribution in [0.2, 0.25) is 5.02 Å². The van der Waals surface area contributed by atoms with E-state index in [2.05, 4.69) is 20.3 Å². The van der Waals surface area contributed by atoms with Gasteiger partial charge in [-0.3, -0.25) is 4.79 Å². The number of carbonyl (C=O) groups is 1. The number of hydrogen-bond donors (Lipinski definition) is 1. The van der Waals surface area contributed by atoms with Crippen molar-refractivity contribution in [3.8, 4) is 5.69 Å². The number of carbonyl (C=O) groups excluding carboxylic acids is 1. The molecule has 162 valence electrons. The molecule has 3 heterocycles. The highest BCUT2D eigenvalue weighted by molar-refractivity contribution is 6.30. The van der Waals surface area contributed by atoms with Gasteiger partial charge in [-0.2, -0.15) is 18.3 Å². The highest BCUT2D eigenvalue weighted by atomic mass is 35.5. The largest absolute Gasteiger partial charge is 0.434 e. The predicted molar refractivity (Wildman–Crippen MR) is 112 cm³/mol. The summed E-state index contributed by atoms with van der Waals surface area (Å²) in [7, 11) is 0. The van der Waals surface area contributed by atoms with Gasteiger partial charge in [0.1, 0.15) is 5.82 Å². The molecule has 31 heavy (non-hydrogen) atoms. The van der Waals surface area contributed by atoms with Crippen LogP contribution in [0.4, 0.5) is 24.7 Å². The lowest BCUT2D eigenvalue weighted by Gasteiger charge is -2.27. The number of nitrogens with one attached hydrogen (secondary N) is 1. The third-order valence-corrected chi connectivity index (χ3v) is 5.26. The molecule has 1 N–H and O–H groups in total. The van der Waals surface area contributed by atoms with Gasteiger partial charge in [-0.1, -0.05) is 17.7 Å². The number of anilines is 2. The van der Waals surface area contributed by atoms with Crippen molar-refractivity contribution in [1.82, 2.24) is 14.8 Å². The van der Waals surface area contributed by atoms with Gasteiger partial charge in [-0.05, 0) is 49.6 Å². The fourth-order valence-corrected chi connectivity index (χ4v) is 3.74. The zero-order valence-electron chi connectivity index (χ0n) is 16.4. The average molecular weight is 450 g/mol. The normalized spacial score (nSPS) is 14.5. The third kappa shape index (κ3) is 4.66. The lowest BCUT2D eigenvalue weighted by molar-refractivity contribution is -0.143. The van der Waals surface area contributed by atoms with Crippen molar-refractivity contribution in [3.63, 3.8) is 0 Å². The van der Waals surface area contributed by atoms with Crippen molar-refractivity contribution in [1.29, 1.82) is 0 Å². The van der Waals surface area contributed by atoms with Crippen LogP contribution in [0.3, 0.4) is 0 Å². The smallest absolute Gasteiger partial charge is 0.357 e. The van der Waals surface area contributed by atoms with E-state index >= 15 is 0 Å². The highest BCUT2D eigenvalue weighted by Crippen LogP contribution is 2.34. The Kier molecular flexibility index (Phi) is 5.86. The third-order valence-electron chi connectivity index (χ3n) is 5.02. The van der Waals surface area contributed by atoms with Crippen molar-refractivity contribution in [3.05, 3.63) is 65.1 Å². The van der Waals surface area contributed by atoms with Crippen LogP contribution < -0.4 is 10.2 Å². The Morgan fingerprint density at radius 3 is 2.48 bits per heavy atom.